The van der Waals surface area contributed by atoms with Crippen LogP contribution in [-0.4, -0.2) is 9.55 Å². The number of halogens is 2. The van der Waals surface area contributed by atoms with Crippen LogP contribution in [0.15, 0.2) is 35.2 Å². The van der Waals surface area contributed by atoms with Crippen LogP contribution in [0, 0.1) is 6.92 Å². The summed E-state index contributed by atoms with van der Waals surface area (Å²) in [6, 6.07) is 6.27. The summed E-state index contributed by atoms with van der Waals surface area (Å²) in [5.41, 5.74) is 3.38. The van der Waals surface area contributed by atoms with Crippen molar-refractivity contribution in [1.82, 2.24) is 9.55 Å². The van der Waals surface area contributed by atoms with Gasteiger partial charge < -0.3 is 4.57 Å². The van der Waals surface area contributed by atoms with Crippen molar-refractivity contribution in [3.63, 3.8) is 0 Å². The molecule has 0 unspecified atom stereocenters. The van der Waals surface area contributed by atoms with Crippen molar-refractivity contribution in [1.29, 1.82) is 0 Å². The molecule has 0 spiro atoms. The highest BCUT2D eigenvalue weighted by Crippen LogP contribution is 2.22. The third-order valence-corrected chi connectivity index (χ3v) is 3.36. The smallest absolute Gasteiger partial charge is 0.0995 e. The molecule has 2 nitrogen and oxygen atoms in total. The molecule has 0 amide bonds. The van der Waals surface area contributed by atoms with Gasteiger partial charge in [0, 0.05) is 16.0 Å². The van der Waals surface area contributed by atoms with Crippen molar-refractivity contribution < 1.29 is 0 Å². The number of benzene rings is 1. The Morgan fingerprint density at radius 2 is 2.20 bits per heavy atom. The molecule has 2 aromatic rings. The number of nitrogens with zero attached hydrogens (tertiary/aromatic N) is 2. The van der Waals surface area contributed by atoms with E-state index < -0.39 is 0 Å². The van der Waals surface area contributed by atoms with E-state index in [1.54, 1.807) is 0 Å². The fourth-order valence-corrected chi connectivity index (χ4v) is 2.37. The van der Waals surface area contributed by atoms with Gasteiger partial charge in [-0.25, -0.2) is 4.98 Å². The Hall–Kier alpha value is -0.610. The highest BCUT2D eigenvalue weighted by Gasteiger charge is 2.03. The molecule has 0 aliphatic rings. The summed E-state index contributed by atoms with van der Waals surface area (Å²) in [5, 5.41) is 0.781. The van der Waals surface area contributed by atoms with Crippen LogP contribution in [0.3, 0.4) is 0 Å². The quantitative estimate of drug-likeness (QED) is 0.765. The average molecular weight is 330 g/mol. The monoisotopic (exact) mass is 328 g/mol. The Labute approximate surface area is 106 Å². The first-order valence-electron chi connectivity index (χ1n) is 4.56. The number of imidazole rings is 1. The number of alkyl halides is 1. The summed E-state index contributed by atoms with van der Waals surface area (Å²) in [6.45, 7) is 2.08. The van der Waals surface area contributed by atoms with E-state index in [-0.39, 0.29) is 0 Å². The van der Waals surface area contributed by atoms with Crippen molar-refractivity contribution in [3.8, 4) is 5.69 Å². The maximum Gasteiger partial charge on any atom is 0.0995 e. The van der Waals surface area contributed by atoms with Gasteiger partial charge in [0.1, 0.15) is 0 Å². The number of hydrogen-bond acceptors (Lipinski definition) is 1. The van der Waals surface area contributed by atoms with E-state index in [0.29, 0.717) is 0 Å². The van der Waals surface area contributed by atoms with Crippen LogP contribution in [0.5, 0.6) is 0 Å². The highest BCUT2D eigenvalue weighted by atomic mass is 79.9. The van der Waals surface area contributed by atoms with E-state index in [2.05, 4.69) is 62.0 Å². The normalized spacial score (nSPS) is 10.6. The van der Waals surface area contributed by atoms with Crippen LogP contribution in [0.1, 0.15) is 11.3 Å². The molecule has 0 bridgehead atoms. The summed E-state index contributed by atoms with van der Waals surface area (Å²) in [5.74, 6) is 0. The van der Waals surface area contributed by atoms with Gasteiger partial charge in [0.15, 0.2) is 0 Å². The van der Waals surface area contributed by atoms with E-state index in [1.165, 1.54) is 5.56 Å². The molecule has 0 radical (unpaired) electrons. The predicted octanol–water partition coefficient (Wildman–Crippen LogP) is 3.84. The lowest BCUT2D eigenvalue weighted by Gasteiger charge is -2.05. The third kappa shape index (κ3) is 2.32. The molecule has 0 aliphatic heterocycles. The van der Waals surface area contributed by atoms with Gasteiger partial charge in [-0.3, -0.25) is 0 Å². The van der Waals surface area contributed by atoms with Crippen molar-refractivity contribution in [2.75, 3.05) is 0 Å². The van der Waals surface area contributed by atoms with Crippen LogP contribution in [0.4, 0.5) is 0 Å². The molecule has 4 heteroatoms. The molecule has 15 heavy (non-hydrogen) atoms. The van der Waals surface area contributed by atoms with Crippen molar-refractivity contribution in [2.24, 2.45) is 0 Å². The molecular weight excluding hydrogens is 320 g/mol. The predicted molar refractivity (Wildman–Crippen MR) is 68.6 cm³/mol. The van der Waals surface area contributed by atoms with Gasteiger partial charge >= 0.3 is 0 Å². The zero-order valence-corrected chi connectivity index (χ0v) is 11.4. The van der Waals surface area contributed by atoms with E-state index in [1.807, 2.05) is 17.1 Å². The van der Waals surface area contributed by atoms with E-state index in [4.69, 9.17) is 0 Å². The molecule has 78 valence electrons. The van der Waals surface area contributed by atoms with Gasteiger partial charge in [-0.15, -0.1) is 0 Å². The fraction of sp³-hybridized carbons (Fsp3) is 0.182. The molecule has 2 rings (SSSR count). The standard InChI is InChI=1S/C11H10Br2N2/c1-8-2-3-11(10(13)4-8)15-6-9(5-12)14-7-15/h2-4,6-7H,5H2,1H3. The molecule has 0 N–H and O–H groups in total. The Balaban J connectivity index is 2.44. The molecule has 0 saturated carbocycles. The van der Waals surface area contributed by atoms with E-state index in [9.17, 15) is 0 Å². The molecular formula is C11H10Br2N2. The first kappa shape index (κ1) is 10.9. The fourth-order valence-electron chi connectivity index (χ4n) is 1.39. The zero-order chi connectivity index (χ0) is 10.8. The minimum atomic E-state index is 0.781. The Morgan fingerprint density at radius 3 is 2.80 bits per heavy atom. The van der Waals surface area contributed by atoms with Gasteiger partial charge in [-0.05, 0) is 40.5 Å². The lowest BCUT2D eigenvalue weighted by Crippen LogP contribution is -1.91. The lowest BCUT2D eigenvalue weighted by molar-refractivity contribution is 1.05. The SMILES string of the molecule is Cc1ccc(-n2cnc(CBr)c2)c(Br)c1. The van der Waals surface area contributed by atoms with Gasteiger partial charge in [-0.1, -0.05) is 22.0 Å². The Bertz CT molecular complexity index is 477. The largest absolute Gasteiger partial charge is 0.305 e. The molecule has 0 saturated heterocycles. The van der Waals surface area contributed by atoms with Crippen LogP contribution < -0.4 is 0 Å². The van der Waals surface area contributed by atoms with Gasteiger partial charge in [-0.2, -0.15) is 0 Å². The van der Waals surface area contributed by atoms with Crippen LogP contribution in [-0.2, 0) is 5.33 Å². The first-order chi connectivity index (χ1) is 7.20. The van der Waals surface area contributed by atoms with Crippen LogP contribution >= 0.6 is 31.9 Å². The Kier molecular flexibility index (Phi) is 3.26. The van der Waals surface area contributed by atoms with Gasteiger partial charge in [0.2, 0.25) is 0 Å². The topological polar surface area (TPSA) is 17.8 Å². The van der Waals surface area contributed by atoms with E-state index in [0.717, 1.165) is 21.2 Å². The Morgan fingerprint density at radius 1 is 1.40 bits per heavy atom. The van der Waals surface area contributed by atoms with Crippen molar-refractivity contribution in [3.05, 3.63) is 46.5 Å². The molecule has 0 atom stereocenters. The average Bonchev–Trinajstić information content (AvgIpc) is 2.66. The van der Waals surface area contributed by atoms with E-state index >= 15 is 0 Å². The summed E-state index contributed by atoms with van der Waals surface area (Å²) in [7, 11) is 0. The van der Waals surface area contributed by atoms with Gasteiger partial charge in [0.05, 0.1) is 17.7 Å². The third-order valence-electron chi connectivity index (χ3n) is 2.15. The molecule has 0 aliphatic carbocycles. The zero-order valence-electron chi connectivity index (χ0n) is 8.24. The second kappa shape index (κ2) is 4.49. The number of hydrogen-bond donors (Lipinski definition) is 0. The summed E-state index contributed by atoms with van der Waals surface area (Å²) >= 11 is 6.94. The number of rotatable bonds is 2. The number of aryl methyl sites for hydroxylation is 1. The maximum atomic E-state index is 4.27. The molecule has 0 fully saturated rings. The second-order valence-electron chi connectivity index (χ2n) is 3.36. The summed E-state index contributed by atoms with van der Waals surface area (Å²) < 4.78 is 3.10. The van der Waals surface area contributed by atoms with Crippen molar-refractivity contribution in [2.45, 2.75) is 12.3 Å². The summed E-state index contributed by atoms with van der Waals surface area (Å²) in [6.07, 6.45) is 3.84. The molecule has 1 aromatic carbocycles. The van der Waals surface area contributed by atoms with Crippen LogP contribution in [0.25, 0.3) is 5.69 Å². The maximum absolute atomic E-state index is 4.27. The first-order valence-corrected chi connectivity index (χ1v) is 6.47. The highest BCUT2D eigenvalue weighted by molar-refractivity contribution is 9.10. The summed E-state index contributed by atoms with van der Waals surface area (Å²) in [4.78, 5) is 4.27. The second-order valence-corrected chi connectivity index (χ2v) is 4.78. The lowest BCUT2D eigenvalue weighted by atomic mass is 10.2. The van der Waals surface area contributed by atoms with Crippen molar-refractivity contribution >= 4 is 31.9 Å². The number of aromatic nitrogens is 2. The minimum Gasteiger partial charge on any atom is -0.305 e. The van der Waals surface area contributed by atoms with Crippen LogP contribution in [0.2, 0.25) is 0 Å². The van der Waals surface area contributed by atoms with Gasteiger partial charge in [0.25, 0.3) is 0 Å². The molecule has 1 aromatic heterocycles. The minimum absolute atomic E-state index is 0.781. The molecule has 1 heterocycles.